The van der Waals surface area contributed by atoms with Crippen LogP contribution in [0, 0.1) is 6.92 Å². The molecule has 3 rings (SSSR count). The predicted molar refractivity (Wildman–Crippen MR) is 106 cm³/mol. The van der Waals surface area contributed by atoms with Gasteiger partial charge in [-0.25, -0.2) is 0 Å². The highest BCUT2D eigenvalue weighted by atomic mass is 35.5. The van der Waals surface area contributed by atoms with Crippen LogP contribution in [0.3, 0.4) is 0 Å². The van der Waals surface area contributed by atoms with Gasteiger partial charge in [0.1, 0.15) is 6.04 Å². The lowest BCUT2D eigenvalue weighted by molar-refractivity contribution is -0.148. The fraction of sp³-hybridized carbons (Fsp3) is 0.300. The van der Waals surface area contributed by atoms with Gasteiger partial charge in [0.25, 0.3) is 0 Å². The van der Waals surface area contributed by atoms with Gasteiger partial charge in [-0.3, -0.25) is 14.5 Å². The van der Waals surface area contributed by atoms with E-state index in [-0.39, 0.29) is 18.4 Å². The zero-order chi connectivity index (χ0) is 19.6. The van der Waals surface area contributed by atoms with Crippen molar-refractivity contribution in [2.75, 3.05) is 19.0 Å². The molecule has 0 bridgehead atoms. The fourth-order valence-electron chi connectivity index (χ4n) is 3.25. The van der Waals surface area contributed by atoms with Gasteiger partial charge in [0, 0.05) is 6.54 Å². The van der Waals surface area contributed by atoms with Crippen LogP contribution >= 0.6 is 23.2 Å². The van der Waals surface area contributed by atoms with Crippen LogP contribution in [0.5, 0.6) is 0 Å². The number of methoxy groups -OCH3 is 1. The van der Waals surface area contributed by atoms with Crippen molar-refractivity contribution in [3.05, 3.63) is 63.1 Å². The number of fused-ring (bicyclic) bond motifs is 1. The number of nitrogens with zero attached hydrogens (tertiary/aromatic N) is 1. The average Bonchev–Trinajstić information content (AvgIpc) is 2.67. The topological polar surface area (TPSA) is 58.6 Å². The van der Waals surface area contributed by atoms with Crippen molar-refractivity contribution in [1.29, 1.82) is 0 Å². The number of halogens is 2. The monoisotopic (exact) mass is 406 g/mol. The van der Waals surface area contributed by atoms with Gasteiger partial charge in [-0.2, -0.15) is 0 Å². The van der Waals surface area contributed by atoms with Crippen molar-refractivity contribution in [2.24, 2.45) is 0 Å². The van der Waals surface area contributed by atoms with Crippen LogP contribution in [0.1, 0.15) is 16.7 Å². The molecule has 0 radical (unpaired) electrons. The summed E-state index contributed by atoms with van der Waals surface area (Å²) in [6, 6.07) is 10.8. The van der Waals surface area contributed by atoms with E-state index in [4.69, 9.17) is 27.9 Å². The first-order valence-electron chi connectivity index (χ1n) is 8.53. The lowest BCUT2D eigenvalue weighted by Gasteiger charge is -2.34. The van der Waals surface area contributed by atoms with Crippen molar-refractivity contribution in [3.63, 3.8) is 0 Å². The summed E-state index contributed by atoms with van der Waals surface area (Å²) in [4.78, 5) is 26.7. The van der Waals surface area contributed by atoms with Gasteiger partial charge in [0.15, 0.2) is 0 Å². The second-order valence-electron chi connectivity index (χ2n) is 6.52. The van der Waals surface area contributed by atoms with Gasteiger partial charge in [-0.05, 0) is 36.1 Å². The molecule has 1 aliphatic rings. The second kappa shape index (κ2) is 8.30. The molecular formula is C20H20Cl2N2O3. The van der Waals surface area contributed by atoms with Crippen LogP contribution < -0.4 is 5.32 Å². The molecule has 1 N–H and O–H groups in total. The normalized spacial score (nSPS) is 16.5. The highest BCUT2D eigenvalue weighted by Gasteiger charge is 2.33. The Labute approximate surface area is 168 Å². The van der Waals surface area contributed by atoms with Crippen molar-refractivity contribution in [2.45, 2.75) is 25.9 Å². The Bertz CT molecular complexity index is 886. The van der Waals surface area contributed by atoms with Crippen molar-refractivity contribution in [3.8, 4) is 0 Å². The predicted octanol–water partition coefficient (Wildman–Crippen LogP) is 3.84. The molecule has 1 atom stereocenters. The van der Waals surface area contributed by atoms with Crippen LogP contribution in [0.2, 0.25) is 10.0 Å². The maximum absolute atomic E-state index is 12.6. The van der Waals surface area contributed by atoms with Gasteiger partial charge in [0.2, 0.25) is 5.91 Å². The van der Waals surface area contributed by atoms with Crippen molar-refractivity contribution < 1.29 is 14.3 Å². The number of anilines is 1. The molecule has 1 heterocycles. The Morgan fingerprint density at radius 3 is 2.59 bits per heavy atom. The first-order chi connectivity index (χ1) is 12.9. The molecular weight excluding hydrogens is 387 g/mol. The minimum Gasteiger partial charge on any atom is -0.468 e. The van der Waals surface area contributed by atoms with Crippen LogP contribution in [-0.2, 0) is 27.3 Å². The molecule has 0 fully saturated rings. The summed E-state index contributed by atoms with van der Waals surface area (Å²) in [6.07, 6.45) is 0.502. The second-order valence-corrected chi connectivity index (χ2v) is 7.30. The molecule has 0 aromatic heterocycles. The number of carbonyl (C=O) groups is 2. The van der Waals surface area contributed by atoms with E-state index >= 15 is 0 Å². The summed E-state index contributed by atoms with van der Waals surface area (Å²) in [6.45, 7) is 2.34. The molecule has 0 spiro atoms. The quantitative estimate of drug-likeness (QED) is 0.783. The molecule has 1 aliphatic heterocycles. The van der Waals surface area contributed by atoms with E-state index < -0.39 is 6.04 Å². The van der Waals surface area contributed by atoms with Gasteiger partial charge >= 0.3 is 5.97 Å². The highest BCUT2D eigenvalue weighted by molar-refractivity contribution is 6.40. The van der Waals surface area contributed by atoms with E-state index in [0.717, 1.165) is 16.7 Å². The highest BCUT2D eigenvalue weighted by Crippen LogP contribution is 2.33. The Morgan fingerprint density at radius 2 is 1.89 bits per heavy atom. The van der Waals surface area contributed by atoms with Crippen LogP contribution in [0.15, 0.2) is 36.4 Å². The van der Waals surface area contributed by atoms with Gasteiger partial charge in [-0.15, -0.1) is 0 Å². The van der Waals surface area contributed by atoms with E-state index in [1.54, 1.807) is 17.0 Å². The van der Waals surface area contributed by atoms with Crippen LogP contribution in [0.4, 0.5) is 5.69 Å². The van der Waals surface area contributed by atoms with Crippen molar-refractivity contribution in [1.82, 2.24) is 4.90 Å². The van der Waals surface area contributed by atoms with Gasteiger partial charge < -0.3 is 10.1 Å². The number of hydrogen-bond acceptors (Lipinski definition) is 4. The van der Waals surface area contributed by atoms with E-state index in [1.807, 2.05) is 31.2 Å². The molecule has 0 aliphatic carbocycles. The zero-order valence-electron chi connectivity index (χ0n) is 15.1. The Hall–Kier alpha value is -2.08. The fourth-order valence-corrected chi connectivity index (χ4v) is 3.71. The average molecular weight is 407 g/mol. The first kappa shape index (κ1) is 19.7. The zero-order valence-corrected chi connectivity index (χ0v) is 16.6. The minimum absolute atomic E-state index is 0.0225. The molecule has 7 heteroatoms. The molecule has 2 aromatic carbocycles. The third-order valence-corrected chi connectivity index (χ3v) is 5.52. The van der Waals surface area contributed by atoms with E-state index in [2.05, 4.69) is 5.32 Å². The number of ether oxygens (including phenoxy) is 1. The summed E-state index contributed by atoms with van der Waals surface area (Å²) in [5.41, 5.74) is 3.39. The SMILES string of the molecule is COC(=O)[C@H]1Cc2ccccc2CN1CC(=O)Nc1c(Cl)ccc(C)c1Cl. The van der Waals surface area contributed by atoms with Gasteiger partial charge in [0.05, 0.1) is 29.4 Å². The van der Waals surface area contributed by atoms with Crippen LogP contribution in [0.25, 0.3) is 0 Å². The molecule has 2 aromatic rings. The largest absolute Gasteiger partial charge is 0.468 e. The maximum atomic E-state index is 12.6. The van der Waals surface area contributed by atoms with Crippen LogP contribution in [-0.4, -0.2) is 36.5 Å². The Balaban J connectivity index is 1.79. The molecule has 5 nitrogen and oxygen atoms in total. The summed E-state index contributed by atoms with van der Waals surface area (Å²) < 4.78 is 4.93. The molecule has 0 unspecified atom stereocenters. The maximum Gasteiger partial charge on any atom is 0.323 e. The molecule has 0 saturated heterocycles. The summed E-state index contributed by atoms with van der Waals surface area (Å²) in [7, 11) is 1.35. The molecule has 1 amide bonds. The molecule has 27 heavy (non-hydrogen) atoms. The Kier molecular flexibility index (Phi) is 6.05. The van der Waals surface area contributed by atoms with E-state index in [0.29, 0.717) is 28.7 Å². The third-order valence-electron chi connectivity index (χ3n) is 4.71. The number of nitrogens with one attached hydrogen (secondary N) is 1. The number of rotatable bonds is 4. The standard InChI is InChI=1S/C20H20Cl2N2O3/c1-12-7-8-15(21)19(18(12)22)23-17(25)11-24-10-14-6-4-3-5-13(14)9-16(24)20(26)27-2/h3-8,16H,9-11H2,1-2H3,(H,23,25)/t16-/m1/s1. The number of amides is 1. The summed E-state index contributed by atoms with van der Waals surface area (Å²) in [5, 5.41) is 3.55. The third kappa shape index (κ3) is 4.26. The number of hydrogen-bond donors (Lipinski definition) is 1. The van der Waals surface area contributed by atoms with Gasteiger partial charge in [-0.1, -0.05) is 53.5 Å². The van der Waals surface area contributed by atoms with E-state index in [1.165, 1.54) is 7.11 Å². The summed E-state index contributed by atoms with van der Waals surface area (Å²) >= 11 is 12.4. The van der Waals surface area contributed by atoms with E-state index in [9.17, 15) is 9.59 Å². The first-order valence-corrected chi connectivity index (χ1v) is 9.29. The lowest BCUT2D eigenvalue weighted by atomic mass is 9.94. The van der Waals surface area contributed by atoms with Crippen molar-refractivity contribution >= 4 is 40.8 Å². The Morgan fingerprint density at radius 1 is 1.19 bits per heavy atom. The summed E-state index contributed by atoms with van der Waals surface area (Å²) in [5.74, 6) is -0.651. The lowest BCUT2D eigenvalue weighted by Crippen LogP contribution is -2.49. The molecule has 0 saturated carbocycles. The number of aryl methyl sites for hydroxylation is 1. The number of esters is 1. The smallest absolute Gasteiger partial charge is 0.323 e. The number of carbonyl (C=O) groups excluding carboxylic acids is 2. The molecule has 142 valence electrons. The minimum atomic E-state index is -0.515. The number of benzene rings is 2.